The Kier molecular flexibility index (Phi) is 10.3. The molecule has 2 aromatic heterocycles. The van der Waals surface area contributed by atoms with Gasteiger partial charge in [0.15, 0.2) is 0 Å². The number of furan rings is 2. The molecule has 3 heteroatoms. The lowest BCUT2D eigenvalue weighted by Crippen LogP contribution is -2.30. The van der Waals surface area contributed by atoms with Crippen LogP contribution in [0.15, 0.2) is 306 Å². The van der Waals surface area contributed by atoms with Crippen LogP contribution in [-0.2, 0) is 16.2 Å². The molecule has 0 spiro atoms. The van der Waals surface area contributed by atoms with Crippen LogP contribution in [0.25, 0.3) is 88.4 Å². The highest BCUT2D eigenvalue weighted by Gasteiger charge is 2.52. The van der Waals surface area contributed by atoms with Gasteiger partial charge in [-0.1, -0.05) is 238 Å². The Labute approximate surface area is 499 Å². The molecular weight excluding hydrogens is 1040 g/mol. The highest BCUT2D eigenvalue weighted by molar-refractivity contribution is 6.19. The molecule has 0 saturated heterocycles. The van der Waals surface area contributed by atoms with Gasteiger partial charge in [0.1, 0.15) is 22.3 Å². The summed E-state index contributed by atoms with van der Waals surface area (Å²) in [6, 6.07) is 110. The second-order valence-corrected chi connectivity index (χ2v) is 24.1. The monoisotopic (exact) mass is 1100 g/mol. The average Bonchev–Trinajstić information content (AvgIpc) is 1.56. The van der Waals surface area contributed by atoms with Gasteiger partial charge in [0, 0.05) is 49.6 Å². The van der Waals surface area contributed by atoms with E-state index in [4.69, 9.17) is 8.83 Å². The van der Waals surface area contributed by atoms with Gasteiger partial charge in [-0.2, -0.15) is 0 Å². The number of para-hydroxylation sites is 3. The first kappa shape index (κ1) is 48.8. The van der Waals surface area contributed by atoms with Crippen LogP contribution in [0.2, 0.25) is 0 Å². The summed E-state index contributed by atoms with van der Waals surface area (Å²) in [5, 5.41) is 4.58. The molecule has 0 radical (unpaired) electrons. The van der Waals surface area contributed by atoms with Crippen molar-refractivity contribution in [2.24, 2.45) is 0 Å². The molecular formula is C83H55NO2. The van der Waals surface area contributed by atoms with Crippen LogP contribution < -0.4 is 4.90 Å². The van der Waals surface area contributed by atoms with E-state index in [1.54, 1.807) is 0 Å². The maximum absolute atomic E-state index is 6.87. The maximum atomic E-state index is 6.87. The second kappa shape index (κ2) is 18.1. The molecule has 0 amide bonds. The Morgan fingerprint density at radius 2 is 0.721 bits per heavy atom. The summed E-state index contributed by atoms with van der Waals surface area (Å²) < 4.78 is 13.7. The number of fused-ring (bicyclic) bond motifs is 17. The van der Waals surface area contributed by atoms with Crippen molar-refractivity contribution in [2.45, 2.75) is 30.1 Å². The van der Waals surface area contributed by atoms with Crippen molar-refractivity contribution >= 4 is 60.9 Å². The number of hydrogen-bond acceptors (Lipinski definition) is 3. The van der Waals surface area contributed by atoms with E-state index in [1.165, 1.54) is 94.4 Å². The summed E-state index contributed by atoms with van der Waals surface area (Å²) in [4.78, 5) is 2.48. The second-order valence-electron chi connectivity index (χ2n) is 24.1. The third-order valence-corrected chi connectivity index (χ3v) is 19.6. The zero-order valence-corrected chi connectivity index (χ0v) is 47.6. The molecule has 0 unspecified atom stereocenters. The van der Waals surface area contributed by atoms with Gasteiger partial charge in [-0.05, 0) is 167 Å². The van der Waals surface area contributed by atoms with Gasteiger partial charge >= 0.3 is 0 Å². The smallest absolute Gasteiger partial charge is 0.143 e. The number of rotatable bonds is 8. The number of benzene rings is 13. The van der Waals surface area contributed by atoms with E-state index < -0.39 is 10.8 Å². The van der Waals surface area contributed by atoms with Gasteiger partial charge in [-0.15, -0.1) is 0 Å². The van der Waals surface area contributed by atoms with Gasteiger partial charge in [0.05, 0.1) is 10.8 Å². The summed E-state index contributed by atoms with van der Waals surface area (Å²) in [6.07, 6.45) is 0. The van der Waals surface area contributed by atoms with Crippen LogP contribution in [-0.4, -0.2) is 0 Å². The van der Waals surface area contributed by atoms with Crippen molar-refractivity contribution in [3.63, 3.8) is 0 Å². The van der Waals surface area contributed by atoms with Crippen molar-refractivity contribution in [1.82, 2.24) is 0 Å². The lowest BCUT2D eigenvalue weighted by atomic mass is 9.66. The fraction of sp³-hybridized carbons (Fsp3) is 0.0602. The minimum absolute atomic E-state index is 0.351. The Hall–Kier alpha value is -10.7. The van der Waals surface area contributed by atoms with Crippen LogP contribution in [0.4, 0.5) is 17.1 Å². The molecule has 3 aliphatic rings. The molecule has 0 N–H and O–H groups in total. The minimum atomic E-state index is -0.741. The summed E-state index contributed by atoms with van der Waals surface area (Å²) in [5.74, 6) is 0. The van der Waals surface area contributed by atoms with Crippen molar-refractivity contribution < 1.29 is 8.83 Å². The number of anilines is 3. The average molecular weight is 1100 g/mol. The summed E-state index contributed by atoms with van der Waals surface area (Å²) in [7, 11) is 0. The van der Waals surface area contributed by atoms with Crippen LogP contribution in [0.3, 0.4) is 0 Å². The topological polar surface area (TPSA) is 29.5 Å². The van der Waals surface area contributed by atoms with Gasteiger partial charge in [-0.3, -0.25) is 0 Å². The van der Waals surface area contributed by atoms with Gasteiger partial charge < -0.3 is 13.7 Å². The summed E-state index contributed by atoms with van der Waals surface area (Å²) >= 11 is 0. The first-order valence-electron chi connectivity index (χ1n) is 30.0. The lowest BCUT2D eigenvalue weighted by Gasteiger charge is -2.36. The van der Waals surface area contributed by atoms with Crippen LogP contribution in [0.5, 0.6) is 0 Å². The van der Waals surface area contributed by atoms with Crippen LogP contribution in [0, 0.1) is 0 Å². The Morgan fingerprint density at radius 3 is 1.33 bits per heavy atom. The predicted molar refractivity (Wildman–Crippen MR) is 353 cm³/mol. The third kappa shape index (κ3) is 6.52. The predicted octanol–water partition coefficient (Wildman–Crippen LogP) is 21.7. The first-order valence-corrected chi connectivity index (χ1v) is 30.0. The van der Waals surface area contributed by atoms with E-state index in [-0.39, 0.29) is 5.41 Å². The fourth-order valence-corrected chi connectivity index (χ4v) is 16.0. The van der Waals surface area contributed by atoms with Crippen molar-refractivity contribution in [3.05, 3.63) is 353 Å². The van der Waals surface area contributed by atoms with E-state index in [2.05, 4.69) is 316 Å². The molecule has 0 fully saturated rings. The van der Waals surface area contributed by atoms with Crippen LogP contribution >= 0.6 is 0 Å². The van der Waals surface area contributed by atoms with Crippen LogP contribution in [0.1, 0.15) is 69.5 Å². The molecule has 13 aromatic carbocycles. The van der Waals surface area contributed by atoms with Gasteiger partial charge in [0.2, 0.25) is 0 Å². The van der Waals surface area contributed by atoms with Gasteiger partial charge in [0.25, 0.3) is 0 Å². The summed E-state index contributed by atoms with van der Waals surface area (Å²) in [6.45, 7) is 4.80. The lowest BCUT2D eigenvalue weighted by molar-refractivity contribution is 0.657. The third-order valence-electron chi connectivity index (χ3n) is 19.6. The van der Waals surface area contributed by atoms with Crippen molar-refractivity contribution in [3.8, 4) is 44.5 Å². The zero-order valence-electron chi connectivity index (χ0n) is 47.6. The zero-order chi connectivity index (χ0) is 56.9. The molecule has 2 heterocycles. The largest absolute Gasteiger partial charge is 0.456 e. The number of nitrogens with zero attached hydrogens (tertiary/aromatic N) is 1. The molecule has 18 rings (SSSR count). The molecule has 15 aromatic rings. The fourth-order valence-electron chi connectivity index (χ4n) is 16.0. The molecule has 0 aliphatic heterocycles. The Balaban J connectivity index is 0.903. The maximum Gasteiger partial charge on any atom is 0.143 e. The van der Waals surface area contributed by atoms with E-state index in [0.29, 0.717) is 0 Å². The molecule has 86 heavy (non-hydrogen) atoms. The van der Waals surface area contributed by atoms with Crippen molar-refractivity contribution in [1.29, 1.82) is 0 Å². The normalized spacial score (nSPS) is 14.4. The first-order chi connectivity index (χ1) is 42.4. The molecule has 0 atom stereocenters. The van der Waals surface area contributed by atoms with Gasteiger partial charge in [-0.25, -0.2) is 0 Å². The molecule has 0 saturated carbocycles. The molecule has 3 nitrogen and oxygen atoms in total. The Morgan fingerprint density at radius 1 is 0.279 bits per heavy atom. The van der Waals surface area contributed by atoms with E-state index in [0.717, 1.165) is 66.7 Å². The highest BCUT2D eigenvalue weighted by Crippen LogP contribution is 2.65. The standard InChI is InChI=1S/C83H55NO2/c1-81(2)68-47-58(42-44-61(68)76-72(81)49-64(52-25-9-3-10-26-52)80-79(76)63-38-22-24-40-74(63)86-80)84(57-35-19-8-20-36-57)59-41-43-60-65-50-71-66(51-70(65)83(69(60)48-59,55-31-15-6-16-32-55)56-33-17-7-18-34-56)77-67(45-46-75-78(77)62-37-21-23-39-73(62)85-75)82(71,53-27-11-4-12-28-53)54-29-13-5-14-30-54/h3-51H,1-2H3. The molecule has 404 valence electrons. The highest BCUT2D eigenvalue weighted by atomic mass is 16.3. The quantitative estimate of drug-likeness (QED) is 0.152. The van der Waals surface area contributed by atoms with E-state index in [1.807, 2.05) is 0 Å². The molecule has 3 aliphatic carbocycles. The molecule has 0 bridgehead atoms. The summed E-state index contributed by atoms with van der Waals surface area (Å²) in [5.41, 5.74) is 27.2. The van der Waals surface area contributed by atoms with Crippen molar-refractivity contribution in [2.75, 3.05) is 4.90 Å². The van der Waals surface area contributed by atoms with E-state index in [9.17, 15) is 0 Å². The minimum Gasteiger partial charge on any atom is -0.456 e. The van der Waals surface area contributed by atoms with E-state index >= 15 is 0 Å². The Bertz CT molecular complexity index is 5160. The number of hydrogen-bond donors (Lipinski definition) is 0. The SMILES string of the molecule is CC1(C)c2cc(N(c3ccccc3)c3ccc4c(c3)C(c3ccccc3)(c3ccccc3)c3cc5c(cc3-4)C(c3ccccc3)(c3ccccc3)c3ccc4oc6ccccc6c4c3-5)ccc2-c2c1cc(-c1ccccc1)c1oc3ccccc3c21.